The van der Waals surface area contributed by atoms with Crippen molar-refractivity contribution >= 4 is 5.97 Å². The van der Waals surface area contributed by atoms with Crippen molar-refractivity contribution < 1.29 is 24.1 Å². The number of para-hydroxylation sites is 1. The molecule has 2 aromatic carbocycles. The predicted molar refractivity (Wildman–Crippen MR) is 81.7 cm³/mol. The molecule has 0 aliphatic heterocycles. The van der Waals surface area contributed by atoms with Gasteiger partial charge in [0.2, 0.25) is 0 Å². The Labute approximate surface area is 129 Å². The van der Waals surface area contributed by atoms with Gasteiger partial charge in [-0.2, -0.15) is 0 Å². The minimum absolute atomic E-state index is 0.214. The van der Waals surface area contributed by atoms with Crippen molar-refractivity contribution in [3.63, 3.8) is 0 Å². The molecule has 0 unspecified atom stereocenters. The number of rotatable bonds is 7. The molecule has 0 saturated carbocycles. The average molecular weight is 302 g/mol. The van der Waals surface area contributed by atoms with Crippen molar-refractivity contribution in [1.82, 2.24) is 0 Å². The van der Waals surface area contributed by atoms with E-state index in [1.54, 1.807) is 44.6 Å². The first-order chi connectivity index (χ1) is 10.6. The van der Waals surface area contributed by atoms with E-state index >= 15 is 0 Å². The van der Waals surface area contributed by atoms with Crippen LogP contribution in [0.2, 0.25) is 0 Å². The topological polar surface area (TPSA) is 65.0 Å². The normalized spacial score (nSPS) is 11.5. The standard InChI is InChI=1S/C17H18O5/c1-20-13-7-9-14(10-8-13)22-16(17(18)19)11-12-5-3-4-6-15(12)21-2/h3-10,16H,11H2,1-2H3,(H,18,19)/t16-/m0/s1. The van der Waals surface area contributed by atoms with Gasteiger partial charge in [-0.25, -0.2) is 4.79 Å². The highest BCUT2D eigenvalue weighted by molar-refractivity contribution is 5.73. The summed E-state index contributed by atoms with van der Waals surface area (Å²) < 4.78 is 15.9. The van der Waals surface area contributed by atoms with Gasteiger partial charge in [-0.3, -0.25) is 0 Å². The molecule has 0 heterocycles. The van der Waals surface area contributed by atoms with Crippen molar-refractivity contribution in [2.75, 3.05) is 14.2 Å². The molecule has 0 amide bonds. The largest absolute Gasteiger partial charge is 0.497 e. The molecule has 0 radical (unpaired) electrons. The van der Waals surface area contributed by atoms with Crippen LogP contribution in [0.4, 0.5) is 0 Å². The number of hydrogen-bond acceptors (Lipinski definition) is 4. The van der Waals surface area contributed by atoms with Crippen molar-refractivity contribution in [1.29, 1.82) is 0 Å². The lowest BCUT2D eigenvalue weighted by Crippen LogP contribution is -2.29. The van der Waals surface area contributed by atoms with E-state index in [0.717, 1.165) is 5.56 Å². The third-order valence-electron chi connectivity index (χ3n) is 3.21. The number of methoxy groups -OCH3 is 2. The Bertz CT molecular complexity index is 621. The number of carbonyl (C=O) groups is 1. The molecule has 0 aliphatic carbocycles. The number of benzene rings is 2. The van der Waals surface area contributed by atoms with Crippen LogP contribution in [0.5, 0.6) is 17.2 Å². The Balaban J connectivity index is 2.14. The summed E-state index contributed by atoms with van der Waals surface area (Å²) in [6.45, 7) is 0. The fourth-order valence-electron chi connectivity index (χ4n) is 2.07. The molecular weight excluding hydrogens is 284 g/mol. The lowest BCUT2D eigenvalue weighted by atomic mass is 10.1. The van der Waals surface area contributed by atoms with Crippen molar-refractivity contribution in [2.45, 2.75) is 12.5 Å². The molecule has 1 atom stereocenters. The Kier molecular flexibility index (Phi) is 5.25. The third kappa shape index (κ3) is 3.91. The van der Waals surface area contributed by atoms with Crippen LogP contribution in [-0.2, 0) is 11.2 Å². The smallest absolute Gasteiger partial charge is 0.345 e. The van der Waals surface area contributed by atoms with Crippen LogP contribution in [0.3, 0.4) is 0 Å². The Morgan fingerprint density at radius 1 is 1.00 bits per heavy atom. The molecule has 0 fully saturated rings. The van der Waals surface area contributed by atoms with Gasteiger partial charge in [0.15, 0.2) is 6.10 Å². The molecule has 0 bridgehead atoms. The highest BCUT2D eigenvalue weighted by atomic mass is 16.5. The van der Waals surface area contributed by atoms with Gasteiger partial charge in [0.25, 0.3) is 0 Å². The molecule has 0 saturated heterocycles. The van der Waals surface area contributed by atoms with E-state index in [1.165, 1.54) is 0 Å². The molecule has 1 N–H and O–H groups in total. The summed E-state index contributed by atoms with van der Waals surface area (Å²) in [5, 5.41) is 9.37. The number of carboxylic acids is 1. The first-order valence-corrected chi connectivity index (χ1v) is 6.79. The van der Waals surface area contributed by atoms with E-state index < -0.39 is 12.1 Å². The molecule has 5 heteroatoms. The van der Waals surface area contributed by atoms with Gasteiger partial charge in [-0.1, -0.05) is 18.2 Å². The average Bonchev–Trinajstić information content (AvgIpc) is 2.55. The van der Waals surface area contributed by atoms with Gasteiger partial charge in [-0.05, 0) is 35.9 Å². The predicted octanol–water partition coefficient (Wildman–Crippen LogP) is 2.78. The Hall–Kier alpha value is -2.69. The molecule has 0 aromatic heterocycles. The van der Waals surface area contributed by atoms with Gasteiger partial charge in [0.1, 0.15) is 17.2 Å². The zero-order valence-electron chi connectivity index (χ0n) is 12.5. The van der Waals surface area contributed by atoms with Crippen molar-refractivity contribution in [2.24, 2.45) is 0 Å². The molecule has 5 nitrogen and oxygen atoms in total. The van der Waals surface area contributed by atoms with E-state index in [2.05, 4.69) is 0 Å². The highest BCUT2D eigenvalue weighted by Gasteiger charge is 2.21. The second-order valence-corrected chi connectivity index (χ2v) is 4.64. The zero-order valence-corrected chi connectivity index (χ0v) is 12.5. The number of ether oxygens (including phenoxy) is 3. The second-order valence-electron chi connectivity index (χ2n) is 4.64. The summed E-state index contributed by atoms with van der Waals surface area (Å²) in [4.78, 5) is 11.4. The Morgan fingerprint density at radius 3 is 2.23 bits per heavy atom. The maximum Gasteiger partial charge on any atom is 0.345 e. The van der Waals surface area contributed by atoms with E-state index in [1.807, 2.05) is 18.2 Å². The van der Waals surface area contributed by atoms with Crippen LogP contribution in [0.1, 0.15) is 5.56 Å². The van der Waals surface area contributed by atoms with Gasteiger partial charge in [0, 0.05) is 6.42 Å². The lowest BCUT2D eigenvalue weighted by Gasteiger charge is -2.17. The lowest BCUT2D eigenvalue weighted by molar-refractivity contribution is -0.145. The van der Waals surface area contributed by atoms with Crippen LogP contribution in [0.25, 0.3) is 0 Å². The minimum Gasteiger partial charge on any atom is -0.497 e. The minimum atomic E-state index is -1.03. The summed E-state index contributed by atoms with van der Waals surface area (Å²) in [6.07, 6.45) is -0.782. The quantitative estimate of drug-likeness (QED) is 0.852. The summed E-state index contributed by atoms with van der Waals surface area (Å²) in [6, 6.07) is 14.1. The second kappa shape index (κ2) is 7.36. The zero-order chi connectivity index (χ0) is 15.9. The van der Waals surface area contributed by atoms with Gasteiger partial charge in [-0.15, -0.1) is 0 Å². The fraction of sp³-hybridized carbons (Fsp3) is 0.235. The van der Waals surface area contributed by atoms with E-state index in [-0.39, 0.29) is 6.42 Å². The number of carboxylic acid groups (broad SMARTS) is 1. The van der Waals surface area contributed by atoms with Crippen LogP contribution < -0.4 is 14.2 Å². The maximum absolute atomic E-state index is 11.4. The van der Waals surface area contributed by atoms with Gasteiger partial charge >= 0.3 is 5.97 Å². The molecule has 116 valence electrons. The maximum atomic E-state index is 11.4. The van der Waals surface area contributed by atoms with Gasteiger partial charge < -0.3 is 19.3 Å². The molecule has 2 rings (SSSR count). The summed E-state index contributed by atoms with van der Waals surface area (Å²) in [5.41, 5.74) is 0.783. The molecule has 22 heavy (non-hydrogen) atoms. The van der Waals surface area contributed by atoms with E-state index in [4.69, 9.17) is 14.2 Å². The fourth-order valence-corrected chi connectivity index (χ4v) is 2.07. The SMILES string of the molecule is COc1ccc(O[C@@H](Cc2ccccc2OC)C(=O)O)cc1. The van der Waals surface area contributed by atoms with Gasteiger partial charge in [0.05, 0.1) is 14.2 Å². The Morgan fingerprint density at radius 2 is 1.64 bits per heavy atom. The van der Waals surface area contributed by atoms with Crippen molar-refractivity contribution in [3.05, 3.63) is 54.1 Å². The van der Waals surface area contributed by atoms with E-state index in [0.29, 0.717) is 17.2 Å². The molecular formula is C17H18O5. The van der Waals surface area contributed by atoms with Crippen LogP contribution in [0.15, 0.2) is 48.5 Å². The number of aliphatic carboxylic acids is 1. The van der Waals surface area contributed by atoms with Crippen LogP contribution in [-0.4, -0.2) is 31.4 Å². The first-order valence-electron chi connectivity index (χ1n) is 6.79. The third-order valence-corrected chi connectivity index (χ3v) is 3.21. The molecule has 0 aliphatic rings. The monoisotopic (exact) mass is 302 g/mol. The van der Waals surface area contributed by atoms with Crippen LogP contribution in [0, 0.1) is 0 Å². The summed E-state index contributed by atoms with van der Waals surface area (Å²) >= 11 is 0. The summed E-state index contributed by atoms with van der Waals surface area (Å²) in [7, 11) is 3.12. The highest BCUT2D eigenvalue weighted by Crippen LogP contribution is 2.23. The molecule has 0 spiro atoms. The van der Waals surface area contributed by atoms with Crippen LogP contribution >= 0.6 is 0 Å². The summed E-state index contributed by atoms with van der Waals surface area (Å²) in [5.74, 6) is 0.779. The van der Waals surface area contributed by atoms with E-state index in [9.17, 15) is 9.90 Å². The first kappa shape index (κ1) is 15.7. The number of hydrogen-bond donors (Lipinski definition) is 1. The van der Waals surface area contributed by atoms with Crippen molar-refractivity contribution in [3.8, 4) is 17.2 Å². The molecule has 2 aromatic rings.